The van der Waals surface area contributed by atoms with Gasteiger partial charge in [0, 0.05) is 18.4 Å². The van der Waals surface area contributed by atoms with Gasteiger partial charge in [0.15, 0.2) is 6.61 Å². The second-order valence-corrected chi connectivity index (χ2v) is 9.71. The molecule has 2 aromatic carbocycles. The molecular formula is C27H31ClO10. The Hall–Kier alpha value is -2.73. The van der Waals surface area contributed by atoms with Gasteiger partial charge in [0.2, 0.25) is 0 Å². The van der Waals surface area contributed by atoms with Gasteiger partial charge >= 0.3 is 11.9 Å². The lowest BCUT2D eigenvalue weighted by atomic mass is 9.90. The van der Waals surface area contributed by atoms with E-state index in [1.165, 1.54) is 0 Å². The number of rotatable bonds is 9. The van der Waals surface area contributed by atoms with Gasteiger partial charge in [0.1, 0.15) is 49.0 Å². The molecule has 0 aromatic heterocycles. The van der Waals surface area contributed by atoms with E-state index >= 15 is 0 Å². The highest BCUT2D eigenvalue weighted by atomic mass is 35.5. The predicted molar refractivity (Wildman–Crippen MR) is 134 cm³/mol. The molecule has 2 heterocycles. The van der Waals surface area contributed by atoms with E-state index in [0.29, 0.717) is 30.2 Å². The molecule has 0 spiro atoms. The summed E-state index contributed by atoms with van der Waals surface area (Å²) in [5.74, 6) is -0.721. The van der Waals surface area contributed by atoms with E-state index < -0.39 is 55.7 Å². The van der Waals surface area contributed by atoms with Gasteiger partial charge in [-0.2, -0.15) is 0 Å². The van der Waals surface area contributed by atoms with Crippen LogP contribution in [0.5, 0.6) is 5.75 Å². The quantitative estimate of drug-likeness (QED) is 0.395. The number of carbonyl (C=O) groups is 2. The SMILES string of the molecule is CC(=O)OCC(=O)OC[C@H]1O[C@@H](c2ccc(Cl)c(Cc3ccc(O[C@@H]4CCOC4)cc3)c2)[C@H](O)[C@@H](O)[C@@H]1O. The molecule has 2 saturated heterocycles. The summed E-state index contributed by atoms with van der Waals surface area (Å²) in [6, 6.07) is 12.8. The van der Waals surface area contributed by atoms with Crippen molar-refractivity contribution in [2.75, 3.05) is 26.4 Å². The first kappa shape index (κ1) is 28.3. The van der Waals surface area contributed by atoms with Crippen LogP contribution in [0.25, 0.3) is 0 Å². The fraction of sp³-hybridized carbons (Fsp3) is 0.481. The van der Waals surface area contributed by atoms with Crippen molar-refractivity contribution in [2.45, 2.75) is 56.4 Å². The minimum Gasteiger partial charge on any atom is -0.488 e. The van der Waals surface area contributed by atoms with Crippen molar-refractivity contribution in [1.29, 1.82) is 0 Å². The molecule has 3 N–H and O–H groups in total. The Kier molecular flexibility index (Phi) is 9.59. The molecule has 0 amide bonds. The molecule has 2 aliphatic heterocycles. The third kappa shape index (κ3) is 7.22. The smallest absolute Gasteiger partial charge is 0.344 e. The Morgan fingerprint density at radius 1 is 1.03 bits per heavy atom. The molecule has 6 atom stereocenters. The van der Waals surface area contributed by atoms with Gasteiger partial charge < -0.3 is 39.0 Å². The highest BCUT2D eigenvalue weighted by molar-refractivity contribution is 6.31. The third-order valence-electron chi connectivity index (χ3n) is 6.42. The Morgan fingerprint density at radius 2 is 1.79 bits per heavy atom. The first-order chi connectivity index (χ1) is 18.2. The zero-order chi connectivity index (χ0) is 27.2. The van der Waals surface area contributed by atoms with Crippen LogP contribution in [-0.4, -0.2) is 84.2 Å². The van der Waals surface area contributed by atoms with Crippen LogP contribution >= 0.6 is 11.6 Å². The summed E-state index contributed by atoms with van der Waals surface area (Å²) in [6.07, 6.45) is -5.24. The minimum absolute atomic E-state index is 0.0592. The van der Waals surface area contributed by atoms with Crippen molar-refractivity contribution in [1.82, 2.24) is 0 Å². The van der Waals surface area contributed by atoms with Gasteiger partial charge in [0.05, 0.1) is 13.2 Å². The van der Waals surface area contributed by atoms with Crippen LogP contribution in [0.1, 0.15) is 36.1 Å². The standard InChI is InChI=1S/C27H31ClO10/c1-15(29)35-14-23(30)36-13-22-24(31)25(32)26(33)27(38-22)17-4-7-21(28)18(11-17)10-16-2-5-19(6-3-16)37-20-8-9-34-12-20/h2-7,11,20,22,24-27,31-33H,8-10,12-14H2,1H3/t20-,22-,24-,25+,26-,27+/m1/s1. The molecule has 0 radical (unpaired) electrons. The molecule has 4 rings (SSSR count). The molecule has 2 aromatic rings. The summed E-state index contributed by atoms with van der Waals surface area (Å²) < 4.78 is 26.7. The van der Waals surface area contributed by atoms with Crippen molar-refractivity contribution in [3.63, 3.8) is 0 Å². The predicted octanol–water partition coefficient (Wildman–Crippen LogP) is 1.73. The first-order valence-electron chi connectivity index (χ1n) is 12.3. The van der Waals surface area contributed by atoms with Crippen LogP contribution in [0, 0.1) is 0 Å². The van der Waals surface area contributed by atoms with Crippen molar-refractivity contribution in [3.8, 4) is 5.75 Å². The van der Waals surface area contributed by atoms with Crippen molar-refractivity contribution in [2.24, 2.45) is 0 Å². The number of ether oxygens (including phenoxy) is 5. The zero-order valence-corrected chi connectivity index (χ0v) is 21.6. The van der Waals surface area contributed by atoms with Crippen LogP contribution in [0.15, 0.2) is 42.5 Å². The van der Waals surface area contributed by atoms with Gasteiger partial charge in [-0.3, -0.25) is 4.79 Å². The van der Waals surface area contributed by atoms with Gasteiger partial charge in [0.25, 0.3) is 0 Å². The summed E-state index contributed by atoms with van der Waals surface area (Å²) >= 11 is 6.46. The van der Waals surface area contributed by atoms with Crippen LogP contribution in [0.3, 0.4) is 0 Å². The monoisotopic (exact) mass is 550 g/mol. The molecule has 2 aliphatic rings. The van der Waals surface area contributed by atoms with E-state index in [2.05, 4.69) is 4.74 Å². The van der Waals surface area contributed by atoms with E-state index in [1.54, 1.807) is 18.2 Å². The summed E-state index contributed by atoms with van der Waals surface area (Å²) in [6.45, 7) is 1.44. The number of aliphatic hydroxyl groups excluding tert-OH is 3. The lowest BCUT2D eigenvalue weighted by Gasteiger charge is -2.40. The normalized spacial score (nSPS) is 27.1. The molecule has 11 heteroatoms. The van der Waals surface area contributed by atoms with E-state index in [4.69, 9.17) is 30.5 Å². The number of benzene rings is 2. The lowest BCUT2D eigenvalue weighted by Crippen LogP contribution is -2.55. The molecule has 2 fully saturated rings. The molecule has 206 valence electrons. The molecule has 0 unspecified atom stereocenters. The number of esters is 2. The molecule has 10 nitrogen and oxygen atoms in total. The van der Waals surface area contributed by atoms with Gasteiger partial charge in [-0.05, 0) is 41.3 Å². The van der Waals surface area contributed by atoms with E-state index in [0.717, 1.165) is 30.2 Å². The van der Waals surface area contributed by atoms with Gasteiger partial charge in [-0.25, -0.2) is 4.79 Å². The summed E-state index contributed by atoms with van der Waals surface area (Å²) in [5.41, 5.74) is 2.28. The molecule has 38 heavy (non-hydrogen) atoms. The number of carbonyl (C=O) groups excluding carboxylic acids is 2. The van der Waals surface area contributed by atoms with E-state index in [-0.39, 0.29) is 6.10 Å². The third-order valence-corrected chi connectivity index (χ3v) is 6.79. The number of hydrogen-bond donors (Lipinski definition) is 3. The highest BCUT2D eigenvalue weighted by Gasteiger charge is 2.44. The first-order valence-corrected chi connectivity index (χ1v) is 12.7. The van der Waals surface area contributed by atoms with Crippen molar-refractivity contribution >= 4 is 23.5 Å². The summed E-state index contributed by atoms with van der Waals surface area (Å²) in [5, 5.41) is 32.0. The molecule has 0 aliphatic carbocycles. The fourth-order valence-electron chi connectivity index (χ4n) is 4.35. The number of halogens is 1. The van der Waals surface area contributed by atoms with E-state index in [9.17, 15) is 24.9 Å². The molecule has 0 saturated carbocycles. The maximum Gasteiger partial charge on any atom is 0.344 e. The Labute approximate surface area is 225 Å². The Bertz CT molecular complexity index is 1100. The van der Waals surface area contributed by atoms with Crippen LogP contribution in [0.2, 0.25) is 5.02 Å². The Morgan fingerprint density at radius 3 is 2.47 bits per heavy atom. The maximum atomic E-state index is 11.8. The Balaban J connectivity index is 1.43. The second kappa shape index (κ2) is 12.9. The average Bonchev–Trinajstić information content (AvgIpc) is 3.41. The number of hydrogen-bond acceptors (Lipinski definition) is 10. The summed E-state index contributed by atoms with van der Waals surface area (Å²) in [7, 11) is 0. The van der Waals surface area contributed by atoms with Crippen LogP contribution in [0.4, 0.5) is 0 Å². The zero-order valence-electron chi connectivity index (χ0n) is 20.8. The van der Waals surface area contributed by atoms with Crippen molar-refractivity contribution < 1.29 is 48.6 Å². The lowest BCUT2D eigenvalue weighted by molar-refractivity contribution is -0.235. The average molecular weight is 551 g/mol. The summed E-state index contributed by atoms with van der Waals surface area (Å²) in [4.78, 5) is 22.6. The van der Waals surface area contributed by atoms with Crippen LogP contribution in [-0.2, 0) is 35.0 Å². The largest absolute Gasteiger partial charge is 0.488 e. The molecule has 0 bridgehead atoms. The number of aliphatic hydroxyl groups is 3. The minimum atomic E-state index is -1.55. The van der Waals surface area contributed by atoms with Gasteiger partial charge in [-0.15, -0.1) is 0 Å². The molecular weight excluding hydrogens is 520 g/mol. The topological polar surface area (TPSA) is 141 Å². The van der Waals surface area contributed by atoms with Crippen LogP contribution < -0.4 is 4.74 Å². The maximum absolute atomic E-state index is 11.8. The van der Waals surface area contributed by atoms with Gasteiger partial charge in [-0.1, -0.05) is 35.9 Å². The fourth-order valence-corrected chi connectivity index (χ4v) is 4.54. The second-order valence-electron chi connectivity index (χ2n) is 9.31. The van der Waals surface area contributed by atoms with Crippen molar-refractivity contribution in [3.05, 3.63) is 64.2 Å². The van der Waals surface area contributed by atoms with E-state index in [1.807, 2.05) is 24.3 Å². The highest BCUT2D eigenvalue weighted by Crippen LogP contribution is 2.35.